The lowest BCUT2D eigenvalue weighted by Crippen LogP contribution is -2.33. The van der Waals surface area contributed by atoms with E-state index in [-0.39, 0.29) is 11.9 Å². The zero-order valence-electron chi connectivity index (χ0n) is 15.7. The van der Waals surface area contributed by atoms with Crippen molar-refractivity contribution in [1.82, 2.24) is 14.9 Å². The first-order valence-electron chi connectivity index (χ1n) is 9.32. The second-order valence-corrected chi connectivity index (χ2v) is 6.79. The average molecular weight is 367 g/mol. The molecule has 4 aromatic rings. The molecule has 28 heavy (non-hydrogen) atoms. The van der Waals surface area contributed by atoms with E-state index in [9.17, 15) is 4.79 Å². The summed E-state index contributed by atoms with van der Waals surface area (Å²) in [5.74, 6) is -0.00837. The summed E-state index contributed by atoms with van der Waals surface area (Å²) < 4.78 is 0. The molecular formula is C24H21N3O. The molecule has 2 aromatic heterocycles. The number of benzene rings is 2. The largest absolute Gasteiger partial charge is 0.328 e. The molecular weight excluding hydrogens is 346 g/mol. The fraction of sp³-hybridized carbons (Fsp3) is 0.125. The second kappa shape index (κ2) is 8.01. The monoisotopic (exact) mass is 367 g/mol. The number of carbonyl (C=O) groups excluding carboxylic acids is 1. The summed E-state index contributed by atoms with van der Waals surface area (Å²) in [5, 5.41) is 0.960. The van der Waals surface area contributed by atoms with Crippen LogP contribution in [0, 0.1) is 0 Å². The van der Waals surface area contributed by atoms with Gasteiger partial charge in [0, 0.05) is 36.1 Å². The van der Waals surface area contributed by atoms with Crippen molar-refractivity contribution in [3.8, 4) is 0 Å². The van der Waals surface area contributed by atoms with Crippen LogP contribution >= 0.6 is 0 Å². The number of carbonyl (C=O) groups is 1. The van der Waals surface area contributed by atoms with Crippen LogP contribution in [0.5, 0.6) is 0 Å². The van der Waals surface area contributed by atoms with Gasteiger partial charge < -0.3 is 4.90 Å². The molecule has 1 unspecified atom stereocenters. The smallest absolute Gasteiger partial charge is 0.254 e. The summed E-state index contributed by atoms with van der Waals surface area (Å²) in [4.78, 5) is 23.9. The van der Waals surface area contributed by atoms with E-state index in [1.807, 2.05) is 71.8 Å². The number of fused-ring (bicyclic) bond motifs is 1. The summed E-state index contributed by atoms with van der Waals surface area (Å²) >= 11 is 0. The zero-order valence-corrected chi connectivity index (χ0v) is 15.7. The number of rotatable bonds is 5. The molecule has 4 rings (SSSR count). The molecule has 0 fully saturated rings. The highest BCUT2D eigenvalue weighted by molar-refractivity contribution is 5.98. The van der Waals surface area contributed by atoms with Gasteiger partial charge in [0.2, 0.25) is 0 Å². The van der Waals surface area contributed by atoms with Crippen molar-refractivity contribution >= 4 is 16.8 Å². The number of hydrogen-bond acceptors (Lipinski definition) is 3. The van der Waals surface area contributed by atoms with Crippen LogP contribution in [-0.2, 0) is 6.54 Å². The lowest BCUT2D eigenvalue weighted by Gasteiger charge is -2.30. The van der Waals surface area contributed by atoms with Crippen LogP contribution in [0.1, 0.15) is 34.5 Å². The molecule has 4 heteroatoms. The maximum absolute atomic E-state index is 13.5. The van der Waals surface area contributed by atoms with E-state index in [4.69, 9.17) is 0 Å². The molecule has 2 aromatic carbocycles. The van der Waals surface area contributed by atoms with Crippen molar-refractivity contribution in [2.24, 2.45) is 0 Å². The number of nitrogens with zero attached hydrogens (tertiary/aromatic N) is 3. The van der Waals surface area contributed by atoms with Crippen LogP contribution < -0.4 is 0 Å². The summed E-state index contributed by atoms with van der Waals surface area (Å²) in [5.41, 5.74) is 3.64. The van der Waals surface area contributed by atoms with Crippen LogP contribution in [0.15, 0.2) is 91.4 Å². The normalized spacial score (nSPS) is 11.9. The van der Waals surface area contributed by atoms with Gasteiger partial charge >= 0.3 is 0 Å². The van der Waals surface area contributed by atoms with E-state index >= 15 is 0 Å². The summed E-state index contributed by atoms with van der Waals surface area (Å²) in [6.07, 6.45) is 5.31. The van der Waals surface area contributed by atoms with Gasteiger partial charge in [0.15, 0.2) is 0 Å². The minimum atomic E-state index is -0.0708. The predicted molar refractivity (Wildman–Crippen MR) is 111 cm³/mol. The maximum Gasteiger partial charge on any atom is 0.254 e. The van der Waals surface area contributed by atoms with Gasteiger partial charge in [-0.25, -0.2) is 0 Å². The molecule has 1 amide bonds. The Bertz CT molecular complexity index is 1080. The van der Waals surface area contributed by atoms with E-state index in [2.05, 4.69) is 29.0 Å². The zero-order chi connectivity index (χ0) is 19.3. The number of amides is 1. The minimum Gasteiger partial charge on any atom is -0.328 e. The van der Waals surface area contributed by atoms with E-state index in [1.54, 1.807) is 12.4 Å². The highest BCUT2D eigenvalue weighted by Gasteiger charge is 2.23. The molecule has 0 saturated heterocycles. The highest BCUT2D eigenvalue weighted by Crippen LogP contribution is 2.25. The third-order valence-electron chi connectivity index (χ3n) is 4.94. The van der Waals surface area contributed by atoms with Crippen molar-refractivity contribution in [1.29, 1.82) is 0 Å². The SMILES string of the molecule is CC(c1ccccc1)N(Cc1cccnc1)C(=O)c1ccc2ncccc2c1. The Kier molecular flexibility index (Phi) is 5.11. The van der Waals surface area contributed by atoms with Crippen molar-refractivity contribution < 1.29 is 4.79 Å². The van der Waals surface area contributed by atoms with Crippen LogP contribution in [0.3, 0.4) is 0 Å². The van der Waals surface area contributed by atoms with Crippen LogP contribution in [0.25, 0.3) is 10.9 Å². The van der Waals surface area contributed by atoms with Crippen LogP contribution in [0.4, 0.5) is 0 Å². The second-order valence-electron chi connectivity index (χ2n) is 6.79. The van der Waals surface area contributed by atoms with E-state index < -0.39 is 0 Å². The Morgan fingerprint density at radius 1 is 0.964 bits per heavy atom. The molecule has 2 heterocycles. The van der Waals surface area contributed by atoms with Crippen molar-refractivity contribution in [2.45, 2.75) is 19.5 Å². The van der Waals surface area contributed by atoms with Crippen LogP contribution in [-0.4, -0.2) is 20.8 Å². The van der Waals surface area contributed by atoms with Crippen molar-refractivity contribution in [3.63, 3.8) is 0 Å². The Hall–Kier alpha value is -3.53. The Labute approximate surface area is 164 Å². The molecule has 0 aliphatic rings. The van der Waals surface area contributed by atoms with Crippen molar-refractivity contribution in [2.75, 3.05) is 0 Å². The number of pyridine rings is 2. The van der Waals surface area contributed by atoms with Gasteiger partial charge in [-0.15, -0.1) is 0 Å². The Morgan fingerprint density at radius 3 is 2.57 bits per heavy atom. The first-order valence-corrected chi connectivity index (χ1v) is 9.32. The van der Waals surface area contributed by atoms with Gasteiger partial charge in [-0.05, 0) is 48.4 Å². The van der Waals surface area contributed by atoms with Gasteiger partial charge in [0.1, 0.15) is 0 Å². The standard InChI is InChI=1S/C24H21N3O/c1-18(20-8-3-2-4-9-20)27(17-19-7-5-13-25-16-19)24(28)22-11-12-23-21(15-22)10-6-14-26-23/h2-16,18H,17H2,1H3. The van der Waals surface area contributed by atoms with Gasteiger partial charge in [-0.1, -0.05) is 42.5 Å². The molecule has 0 bridgehead atoms. The fourth-order valence-corrected chi connectivity index (χ4v) is 3.36. The quantitative estimate of drug-likeness (QED) is 0.497. The molecule has 0 aliphatic heterocycles. The average Bonchev–Trinajstić information content (AvgIpc) is 2.77. The summed E-state index contributed by atoms with van der Waals surface area (Å²) in [6, 6.07) is 23.4. The number of aromatic nitrogens is 2. The van der Waals surface area contributed by atoms with E-state index in [1.165, 1.54) is 0 Å². The molecule has 0 N–H and O–H groups in total. The van der Waals surface area contributed by atoms with E-state index in [0.29, 0.717) is 12.1 Å². The summed E-state index contributed by atoms with van der Waals surface area (Å²) in [7, 11) is 0. The predicted octanol–water partition coefficient (Wildman–Crippen LogP) is 5.03. The molecule has 0 radical (unpaired) electrons. The lowest BCUT2D eigenvalue weighted by atomic mass is 10.0. The van der Waals surface area contributed by atoms with Gasteiger partial charge in [0.25, 0.3) is 5.91 Å². The molecule has 4 nitrogen and oxygen atoms in total. The molecule has 0 aliphatic carbocycles. The molecule has 1 atom stereocenters. The third kappa shape index (κ3) is 3.76. The third-order valence-corrected chi connectivity index (χ3v) is 4.94. The highest BCUT2D eigenvalue weighted by atomic mass is 16.2. The molecule has 0 saturated carbocycles. The Balaban J connectivity index is 1.71. The lowest BCUT2D eigenvalue weighted by molar-refractivity contribution is 0.0674. The minimum absolute atomic E-state index is 0.00837. The number of hydrogen-bond donors (Lipinski definition) is 0. The first-order chi connectivity index (χ1) is 13.7. The fourth-order valence-electron chi connectivity index (χ4n) is 3.36. The van der Waals surface area contributed by atoms with Crippen molar-refractivity contribution in [3.05, 3.63) is 108 Å². The van der Waals surface area contributed by atoms with Gasteiger partial charge in [-0.3, -0.25) is 14.8 Å². The van der Waals surface area contributed by atoms with E-state index in [0.717, 1.165) is 22.0 Å². The van der Waals surface area contributed by atoms with Gasteiger partial charge in [0.05, 0.1) is 11.6 Å². The maximum atomic E-state index is 13.5. The first kappa shape index (κ1) is 17.9. The molecule has 0 spiro atoms. The Morgan fingerprint density at radius 2 is 1.79 bits per heavy atom. The topological polar surface area (TPSA) is 46.1 Å². The van der Waals surface area contributed by atoms with Gasteiger partial charge in [-0.2, -0.15) is 0 Å². The summed E-state index contributed by atoms with van der Waals surface area (Å²) in [6.45, 7) is 2.56. The molecule has 138 valence electrons. The van der Waals surface area contributed by atoms with Crippen LogP contribution in [0.2, 0.25) is 0 Å².